The molecule has 63 valence electrons. The summed E-state index contributed by atoms with van der Waals surface area (Å²) in [5, 5.41) is 2.13. The van der Waals surface area contributed by atoms with E-state index >= 15 is 0 Å². The molecule has 0 saturated carbocycles. The summed E-state index contributed by atoms with van der Waals surface area (Å²) >= 11 is 4.23. The largest absolute Gasteiger partial charge is 0.342 e. The third kappa shape index (κ3) is 1.55. The fraction of sp³-hybridized carbons (Fsp3) is 0. The Morgan fingerprint density at radius 3 is 2.42 bits per heavy atom. The van der Waals surface area contributed by atoms with Crippen LogP contribution in [0.15, 0.2) is 12.1 Å². The summed E-state index contributed by atoms with van der Waals surface area (Å²) in [6.07, 6.45) is 0. The number of rotatable bonds is 2. The minimum Gasteiger partial charge on any atom is -0.342 e. The Morgan fingerprint density at radius 2 is 1.83 bits per heavy atom. The van der Waals surface area contributed by atoms with E-state index in [0.29, 0.717) is 0 Å². The zero-order chi connectivity index (χ0) is 9.14. The van der Waals surface area contributed by atoms with Crippen LogP contribution >= 0.6 is 12.2 Å². The number of thiocarbonyl (C=S) groups is 1. The van der Waals surface area contributed by atoms with E-state index in [2.05, 4.69) is 17.5 Å². The number of anilines is 1. The van der Waals surface area contributed by atoms with Crippen LogP contribution in [0.3, 0.4) is 0 Å². The SMILES string of the molecule is Fc1ccc(N[C]=S)c(F)c1F. The highest BCUT2D eigenvalue weighted by atomic mass is 32.1. The minimum atomic E-state index is -1.52. The molecule has 0 fully saturated rings. The summed E-state index contributed by atoms with van der Waals surface area (Å²) in [6.45, 7) is 0. The lowest BCUT2D eigenvalue weighted by molar-refractivity contribution is 0.449. The molecule has 1 aromatic carbocycles. The van der Waals surface area contributed by atoms with Gasteiger partial charge in [-0.15, -0.1) is 0 Å². The van der Waals surface area contributed by atoms with Crippen molar-refractivity contribution in [2.24, 2.45) is 0 Å². The zero-order valence-corrected chi connectivity index (χ0v) is 6.51. The summed E-state index contributed by atoms with van der Waals surface area (Å²) in [4.78, 5) is 0. The normalized spacial score (nSPS) is 9.58. The van der Waals surface area contributed by atoms with Crippen LogP contribution in [-0.4, -0.2) is 5.49 Å². The molecule has 0 saturated heterocycles. The van der Waals surface area contributed by atoms with Crippen LogP contribution in [0.1, 0.15) is 0 Å². The smallest absolute Gasteiger partial charge is 0.196 e. The van der Waals surface area contributed by atoms with E-state index in [4.69, 9.17) is 0 Å². The van der Waals surface area contributed by atoms with Gasteiger partial charge in [0.25, 0.3) is 0 Å². The number of nitrogens with one attached hydrogen (secondary N) is 1. The van der Waals surface area contributed by atoms with Gasteiger partial charge in [0.1, 0.15) is 5.49 Å². The van der Waals surface area contributed by atoms with Gasteiger partial charge in [0, 0.05) is 0 Å². The van der Waals surface area contributed by atoms with Crippen molar-refractivity contribution in [2.45, 2.75) is 0 Å². The number of halogens is 3. The standard InChI is InChI=1S/C7H3F3NS/c8-4-1-2-5(11-3-12)7(10)6(4)9/h1-2H,(H,11,12). The molecule has 1 aromatic rings. The fourth-order valence-corrected chi connectivity index (χ4v) is 0.787. The summed E-state index contributed by atoms with van der Waals surface area (Å²) in [6, 6.07) is 1.83. The maximum atomic E-state index is 12.7. The molecule has 0 unspecified atom stereocenters. The Morgan fingerprint density at radius 1 is 1.17 bits per heavy atom. The Balaban J connectivity index is 3.16. The van der Waals surface area contributed by atoms with Crippen molar-refractivity contribution in [3.8, 4) is 0 Å². The second-order valence-corrected chi connectivity index (χ2v) is 2.15. The van der Waals surface area contributed by atoms with Gasteiger partial charge in [-0.2, -0.15) is 0 Å². The first-order valence-electron chi connectivity index (χ1n) is 2.93. The maximum absolute atomic E-state index is 12.7. The van der Waals surface area contributed by atoms with E-state index in [0.717, 1.165) is 12.1 Å². The quantitative estimate of drug-likeness (QED) is 0.436. The van der Waals surface area contributed by atoms with Gasteiger partial charge >= 0.3 is 0 Å². The van der Waals surface area contributed by atoms with Crippen molar-refractivity contribution >= 4 is 23.4 Å². The first kappa shape index (κ1) is 8.99. The molecule has 1 nitrogen and oxygen atoms in total. The molecule has 0 spiro atoms. The summed E-state index contributed by atoms with van der Waals surface area (Å²) in [5.41, 5.74) is 1.74. The predicted molar refractivity (Wildman–Crippen MR) is 42.5 cm³/mol. The van der Waals surface area contributed by atoms with Gasteiger partial charge in [-0.25, -0.2) is 13.2 Å². The van der Waals surface area contributed by atoms with Gasteiger partial charge in [0.2, 0.25) is 0 Å². The lowest BCUT2D eigenvalue weighted by Gasteiger charge is -2.01. The Labute approximate surface area is 72.2 Å². The fourth-order valence-electron chi connectivity index (χ4n) is 0.677. The molecule has 0 aliphatic carbocycles. The van der Waals surface area contributed by atoms with Crippen molar-refractivity contribution in [3.05, 3.63) is 29.6 Å². The molecule has 0 bridgehead atoms. The molecule has 0 aliphatic heterocycles. The summed E-state index contributed by atoms with van der Waals surface area (Å²) in [7, 11) is 0. The monoisotopic (exact) mass is 190 g/mol. The number of hydrogen-bond acceptors (Lipinski definition) is 1. The highest BCUT2D eigenvalue weighted by molar-refractivity contribution is 7.79. The van der Waals surface area contributed by atoms with Crippen LogP contribution in [-0.2, 0) is 0 Å². The average Bonchev–Trinajstić information content (AvgIpc) is 2.07. The molecule has 0 amide bonds. The van der Waals surface area contributed by atoms with Gasteiger partial charge in [0.15, 0.2) is 17.5 Å². The highest BCUT2D eigenvalue weighted by Crippen LogP contribution is 2.18. The van der Waals surface area contributed by atoms with Crippen molar-refractivity contribution in [1.29, 1.82) is 0 Å². The molecule has 0 aromatic heterocycles. The van der Waals surface area contributed by atoms with Crippen LogP contribution < -0.4 is 5.32 Å². The van der Waals surface area contributed by atoms with Gasteiger partial charge in [0.05, 0.1) is 5.69 Å². The van der Waals surface area contributed by atoms with Crippen molar-refractivity contribution in [1.82, 2.24) is 0 Å². The zero-order valence-electron chi connectivity index (χ0n) is 5.70. The third-order valence-electron chi connectivity index (χ3n) is 1.22. The van der Waals surface area contributed by atoms with Crippen LogP contribution in [0.5, 0.6) is 0 Å². The van der Waals surface area contributed by atoms with E-state index in [1.807, 2.05) is 5.49 Å². The van der Waals surface area contributed by atoms with E-state index in [9.17, 15) is 13.2 Å². The van der Waals surface area contributed by atoms with E-state index in [-0.39, 0.29) is 5.69 Å². The Kier molecular flexibility index (Phi) is 2.65. The maximum Gasteiger partial charge on any atom is 0.196 e. The summed E-state index contributed by atoms with van der Waals surface area (Å²) in [5.74, 6) is -4.06. The van der Waals surface area contributed by atoms with E-state index in [1.54, 1.807) is 0 Å². The molecule has 1 N–H and O–H groups in total. The first-order valence-corrected chi connectivity index (χ1v) is 3.34. The average molecular weight is 190 g/mol. The number of benzene rings is 1. The third-order valence-corrected chi connectivity index (χ3v) is 1.32. The molecule has 0 atom stereocenters. The van der Waals surface area contributed by atoms with Gasteiger partial charge in [-0.1, -0.05) is 12.2 Å². The van der Waals surface area contributed by atoms with Crippen LogP contribution in [0, 0.1) is 17.5 Å². The molecule has 0 heterocycles. The molecular formula is C7H3F3NS. The van der Waals surface area contributed by atoms with Crippen LogP contribution in [0.2, 0.25) is 0 Å². The van der Waals surface area contributed by atoms with Crippen molar-refractivity contribution in [3.63, 3.8) is 0 Å². The lowest BCUT2D eigenvalue weighted by atomic mass is 10.3. The van der Waals surface area contributed by atoms with Crippen molar-refractivity contribution in [2.75, 3.05) is 5.32 Å². The minimum absolute atomic E-state index is 0.232. The molecule has 12 heavy (non-hydrogen) atoms. The Bertz CT molecular complexity index is 314. The van der Waals surface area contributed by atoms with Crippen LogP contribution in [0.25, 0.3) is 0 Å². The molecule has 0 aliphatic rings. The topological polar surface area (TPSA) is 12.0 Å². The van der Waals surface area contributed by atoms with E-state index < -0.39 is 17.5 Å². The number of hydrogen-bond donors (Lipinski definition) is 1. The second kappa shape index (κ2) is 3.53. The molecular weight excluding hydrogens is 187 g/mol. The lowest BCUT2D eigenvalue weighted by Crippen LogP contribution is -1.99. The predicted octanol–water partition coefficient (Wildman–Crippen LogP) is 2.35. The highest BCUT2D eigenvalue weighted by Gasteiger charge is 2.11. The van der Waals surface area contributed by atoms with Gasteiger partial charge < -0.3 is 5.32 Å². The second-order valence-electron chi connectivity index (χ2n) is 1.95. The first-order chi connectivity index (χ1) is 5.66. The van der Waals surface area contributed by atoms with E-state index in [1.165, 1.54) is 0 Å². The summed E-state index contributed by atoms with van der Waals surface area (Å²) < 4.78 is 37.5. The molecule has 1 rings (SSSR count). The van der Waals surface area contributed by atoms with Crippen LogP contribution in [0.4, 0.5) is 18.9 Å². The van der Waals surface area contributed by atoms with Crippen molar-refractivity contribution < 1.29 is 13.2 Å². The Hall–Kier alpha value is -1.10. The van der Waals surface area contributed by atoms with Gasteiger partial charge in [-0.05, 0) is 12.1 Å². The van der Waals surface area contributed by atoms with Gasteiger partial charge in [-0.3, -0.25) is 0 Å². The molecule has 5 heteroatoms. The molecule has 1 radical (unpaired) electrons.